The lowest BCUT2D eigenvalue weighted by Gasteiger charge is -2.29. The van der Waals surface area contributed by atoms with Gasteiger partial charge in [-0.2, -0.15) is 0 Å². The number of rotatable bonds is 8. The average Bonchev–Trinajstić information content (AvgIpc) is 2.86. The minimum absolute atomic E-state index is 0.161. The minimum Gasteiger partial charge on any atom is -0.503 e. The SMILES string of the molecule is CCOc1ccc(C2C(C(=O)C(C)(C)C)=C(O)C(=O)N2CCCOC)cc1. The molecule has 1 heterocycles. The van der Waals surface area contributed by atoms with E-state index in [1.165, 1.54) is 0 Å². The van der Waals surface area contributed by atoms with Gasteiger partial charge in [-0.25, -0.2) is 0 Å². The van der Waals surface area contributed by atoms with Gasteiger partial charge in [-0.3, -0.25) is 9.59 Å². The van der Waals surface area contributed by atoms with Crippen LogP contribution in [-0.2, 0) is 14.3 Å². The largest absolute Gasteiger partial charge is 0.503 e. The van der Waals surface area contributed by atoms with Crippen molar-refractivity contribution < 1.29 is 24.2 Å². The van der Waals surface area contributed by atoms with Crippen LogP contribution < -0.4 is 4.74 Å². The van der Waals surface area contributed by atoms with Crippen molar-refractivity contribution in [2.75, 3.05) is 26.9 Å². The van der Waals surface area contributed by atoms with Gasteiger partial charge in [0.25, 0.3) is 5.91 Å². The van der Waals surface area contributed by atoms with Gasteiger partial charge in [0, 0.05) is 25.7 Å². The van der Waals surface area contributed by atoms with Crippen LogP contribution in [0.25, 0.3) is 0 Å². The van der Waals surface area contributed by atoms with E-state index in [-0.39, 0.29) is 11.4 Å². The molecule has 6 heteroatoms. The van der Waals surface area contributed by atoms with Crippen molar-refractivity contribution in [3.63, 3.8) is 0 Å². The lowest BCUT2D eigenvalue weighted by Crippen LogP contribution is -2.34. The van der Waals surface area contributed by atoms with Gasteiger partial charge in [-0.05, 0) is 31.0 Å². The second-order valence-corrected chi connectivity index (χ2v) is 7.59. The highest BCUT2D eigenvalue weighted by Crippen LogP contribution is 2.41. The van der Waals surface area contributed by atoms with E-state index in [0.717, 1.165) is 5.56 Å². The Kier molecular flexibility index (Phi) is 6.65. The van der Waals surface area contributed by atoms with Crippen molar-refractivity contribution in [3.8, 4) is 5.75 Å². The van der Waals surface area contributed by atoms with Crippen molar-refractivity contribution in [2.24, 2.45) is 5.41 Å². The molecule has 1 aliphatic heterocycles. The van der Waals surface area contributed by atoms with Gasteiger partial charge in [-0.15, -0.1) is 0 Å². The standard InChI is InChI=1S/C21H29NO5/c1-6-27-15-10-8-14(9-11-15)17-16(19(24)21(2,3)4)18(23)20(25)22(17)12-7-13-26-5/h8-11,17,23H,6-7,12-13H2,1-5H3. The van der Waals surface area contributed by atoms with Crippen molar-refractivity contribution in [1.29, 1.82) is 0 Å². The molecule has 1 aromatic carbocycles. The molecule has 0 radical (unpaired) electrons. The molecule has 1 amide bonds. The van der Waals surface area contributed by atoms with Gasteiger partial charge in [0.2, 0.25) is 0 Å². The highest BCUT2D eigenvalue weighted by atomic mass is 16.5. The van der Waals surface area contributed by atoms with E-state index < -0.39 is 23.1 Å². The third-order valence-electron chi connectivity index (χ3n) is 4.48. The van der Waals surface area contributed by atoms with Gasteiger partial charge in [-0.1, -0.05) is 32.9 Å². The third kappa shape index (κ3) is 4.50. The molecule has 27 heavy (non-hydrogen) atoms. The molecule has 0 bridgehead atoms. The van der Waals surface area contributed by atoms with Crippen LogP contribution in [0.4, 0.5) is 0 Å². The van der Waals surface area contributed by atoms with Gasteiger partial charge < -0.3 is 19.5 Å². The van der Waals surface area contributed by atoms with Crippen LogP contribution in [0, 0.1) is 5.41 Å². The van der Waals surface area contributed by atoms with E-state index in [1.54, 1.807) is 32.8 Å². The molecule has 0 spiro atoms. The number of aliphatic hydroxyl groups is 1. The molecule has 2 rings (SSSR count). The third-order valence-corrected chi connectivity index (χ3v) is 4.48. The zero-order valence-corrected chi connectivity index (χ0v) is 16.7. The smallest absolute Gasteiger partial charge is 0.290 e. The van der Waals surface area contributed by atoms with Gasteiger partial charge in [0.1, 0.15) is 5.75 Å². The summed E-state index contributed by atoms with van der Waals surface area (Å²) >= 11 is 0. The molecule has 148 valence electrons. The molecular weight excluding hydrogens is 346 g/mol. The highest BCUT2D eigenvalue weighted by molar-refractivity contribution is 6.10. The predicted molar refractivity (Wildman–Crippen MR) is 103 cm³/mol. The van der Waals surface area contributed by atoms with Crippen molar-refractivity contribution in [3.05, 3.63) is 41.2 Å². The van der Waals surface area contributed by atoms with Crippen LogP contribution in [-0.4, -0.2) is 48.6 Å². The average molecular weight is 375 g/mol. The lowest BCUT2D eigenvalue weighted by molar-refractivity contribution is -0.129. The summed E-state index contributed by atoms with van der Waals surface area (Å²) in [5.41, 5.74) is 0.213. The van der Waals surface area contributed by atoms with E-state index in [1.807, 2.05) is 31.2 Å². The summed E-state index contributed by atoms with van der Waals surface area (Å²) in [6.45, 7) is 8.67. The van der Waals surface area contributed by atoms with E-state index >= 15 is 0 Å². The maximum absolute atomic E-state index is 13.0. The number of carbonyl (C=O) groups excluding carboxylic acids is 2. The number of ketones is 1. The predicted octanol–water partition coefficient (Wildman–Crippen LogP) is 3.43. The molecule has 1 unspecified atom stereocenters. The summed E-state index contributed by atoms with van der Waals surface area (Å²) in [6, 6.07) is 6.68. The fourth-order valence-corrected chi connectivity index (χ4v) is 3.16. The molecule has 0 fully saturated rings. The number of Topliss-reactive ketones (excluding diaryl/α,β-unsaturated/α-hetero) is 1. The molecule has 0 aromatic heterocycles. The number of benzene rings is 1. The van der Waals surface area contributed by atoms with Gasteiger partial charge in [0.05, 0.1) is 18.2 Å². The molecule has 0 saturated heterocycles. The molecule has 1 aromatic rings. The number of amides is 1. The van der Waals surface area contributed by atoms with Crippen LogP contribution in [0.1, 0.15) is 45.7 Å². The van der Waals surface area contributed by atoms with E-state index in [4.69, 9.17) is 9.47 Å². The van der Waals surface area contributed by atoms with Crippen molar-refractivity contribution in [2.45, 2.75) is 40.2 Å². The summed E-state index contributed by atoms with van der Waals surface area (Å²) < 4.78 is 10.6. The number of hydrogen-bond acceptors (Lipinski definition) is 5. The van der Waals surface area contributed by atoms with E-state index in [2.05, 4.69) is 0 Å². The molecule has 1 atom stereocenters. The Morgan fingerprint density at radius 3 is 2.37 bits per heavy atom. The second-order valence-electron chi connectivity index (χ2n) is 7.59. The van der Waals surface area contributed by atoms with Crippen LogP contribution in [0.5, 0.6) is 5.75 Å². The maximum atomic E-state index is 13.0. The zero-order valence-electron chi connectivity index (χ0n) is 16.7. The summed E-state index contributed by atoms with van der Waals surface area (Å²) in [7, 11) is 1.60. The van der Waals surface area contributed by atoms with Crippen molar-refractivity contribution in [1.82, 2.24) is 4.90 Å². The molecule has 1 N–H and O–H groups in total. The number of hydrogen-bond donors (Lipinski definition) is 1. The second kappa shape index (κ2) is 8.57. The Hall–Kier alpha value is -2.34. The Bertz CT molecular complexity index is 715. The van der Waals surface area contributed by atoms with E-state index in [0.29, 0.717) is 31.9 Å². The Morgan fingerprint density at radius 1 is 1.22 bits per heavy atom. The van der Waals surface area contributed by atoms with E-state index in [9.17, 15) is 14.7 Å². The fraction of sp³-hybridized carbons (Fsp3) is 0.524. The van der Waals surface area contributed by atoms with Crippen LogP contribution in [0.2, 0.25) is 0 Å². The van der Waals surface area contributed by atoms with Gasteiger partial charge >= 0.3 is 0 Å². The number of ether oxygens (including phenoxy) is 2. The topological polar surface area (TPSA) is 76.1 Å². The van der Waals surface area contributed by atoms with Crippen LogP contribution >= 0.6 is 0 Å². The first kappa shape index (κ1) is 21.0. The molecule has 1 aliphatic rings. The quantitative estimate of drug-likeness (QED) is 0.705. The molecule has 6 nitrogen and oxygen atoms in total. The Labute approximate surface area is 160 Å². The first-order chi connectivity index (χ1) is 12.7. The van der Waals surface area contributed by atoms with Crippen molar-refractivity contribution >= 4 is 11.7 Å². The number of carbonyl (C=O) groups is 2. The normalized spacial score (nSPS) is 17.6. The Balaban J connectivity index is 2.45. The fourth-order valence-electron chi connectivity index (χ4n) is 3.16. The highest BCUT2D eigenvalue weighted by Gasteiger charge is 2.45. The minimum atomic E-state index is -0.713. The van der Waals surface area contributed by atoms with Crippen LogP contribution in [0.15, 0.2) is 35.6 Å². The first-order valence-corrected chi connectivity index (χ1v) is 9.23. The Morgan fingerprint density at radius 2 is 1.85 bits per heavy atom. The summed E-state index contributed by atoms with van der Waals surface area (Å²) in [6.07, 6.45) is 0.611. The number of methoxy groups -OCH3 is 1. The maximum Gasteiger partial charge on any atom is 0.290 e. The summed E-state index contributed by atoms with van der Waals surface area (Å²) in [5, 5.41) is 10.5. The molecular formula is C21H29NO5. The first-order valence-electron chi connectivity index (χ1n) is 9.23. The molecule has 0 saturated carbocycles. The van der Waals surface area contributed by atoms with Gasteiger partial charge in [0.15, 0.2) is 11.5 Å². The summed E-state index contributed by atoms with van der Waals surface area (Å²) in [4.78, 5) is 27.2. The summed E-state index contributed by atoms with van der Waals surface area (Å²) in [5.74, 6) is -0.487. The van der Waals surface area contributed by atoms with Crippen LogP contribution in [0.3, 0.4) is 0 Å². The molecule has 0 aliphatic carbocycles. The number of aliphatic hydroxyl groups excluding tert-OH is 1. The monoisotopic (exact) mass is 375 g/mol. The number of nitrogens with zero attached hydrogens (tertiary/aromatic N) is 1. The zero-order chi connectivity index (χ0) is 20.2. The lowest BCUT2D eigenvalue weighted by atomic mass is 9.82.